The molecule has 4 aromatic rings. The molecule has 5 heterocycles. The van der Waals surface area contributed by atoms with E-state index in [1.54, 1.807) is 12.3 Å². The van der Waals surface area contributed by atoms with Gasteiger partial charge in [-0.2, -0.15) is 13.2 Å². The lowest BCUT2D eigenvalue weighted by atomic mass is 9.99. The van der Waals surface area contributed by atoms with E-state index in [2.05, 4.69) is 17.3 Å². The van der Waals surface area contributed by atoms with Crippen LogP contribution in [0.2, 0.25) is 0 Å². The Morgan fingerprint density at radius 3 is 2.64 bits per heavy atom. The summed E-state index contributed by atoms with van der Waals surface area (Å²) in [5, 5.41) is 4.83. The smallest absolute Gasteiger partial charge is 0.433 e. The summed E-state index contributed by atoms with van der Waals surface area (Å²) < 4.78 is 41.8. The second kappa shape index (κ2) is 6.99. The summed E-state index contributed by atoms with van der Waals surface area (Å²) in [6, 6.07) is 12.1. The lowest BCUT2D eigenvalue weighted by molar-refractivity contribution is -0.141. The summed E-state index contributed by atoms with van der Waals surface area (Å²) >= 11 is 0. The van der Waals surface area contributed by atoms with Gasteiger partial charge in [-0.3, -0.25) is 14.3 Å². The van der Waals surface area contributed by atoms with Crippen LogP contribution in [0.25, 0.3) is 27.7 Å². The van der Waals surface area contributed by atoms with Crippen molar-refractivity contribution in [3.63, 3.8) is 0 Å². The fourth-order valence-corrected chi connectivity index (χ4v) is 5.22. The van der Waals surface area contributed by atoms with Crippen LogP contribution in [0.1, 0.15) is 35.8 Å². The molecule has 1 fully saturated rings. The van der Waals surface area contributed by atoms with Gasteiger partial charge in [0.05, 0.1) is 0 Å². The van der Waals surface area contributed by atoms with Gasteiger partial charge in [0, 0.05) is 41.8 Å². The molecule has 1 saturated heterocycles. The van der Waals surface area contributed by atoms with E-state index in [0.29, 0.717) is 28.9 Å². The Hall–Kier alpha value is -3.52. The third-order valence-electron chi connectivity index (χ3n) is 6.81. The number of rotatable bonds is 2. The quantitative estimate of drug-likeness (QED) is 0.445. The fourth-order valence-electron chi connectivity index (χ4n) is 5.22. The maximum atomic E-state index is 12.9. The number of fused-ring (bicyclic) bond motifs is 6. The molecule has 2 aliphatic heterocycles. The van der Waals surface area contributed by atoms with Gasteiger partial charge in [0.1, 0.15) is 5.69 Å². The number of benzene rings is 1. The summed E-state index contributed by atoms with van der Waals surface area (Å²) in [4.78, 5) is 16.4. The van der Waals surface area contributed by atoms with Crippen LogP contribution in [0.4, 0.5) is 13.2 Å². The molecule has 1 aromatic carbocycles. The highest BCUT2D eigenvalue weighted by Crippen LogP contribution is 2.41. The van der Waals surface area contributed by atoms with E-state index < -0.39 is 11.9 Å². The molecule has 8 heteroatoms. The molecule has 5 nitrogen and oxygen atoms in total. The molecule has 0 amide bonds. The van der Waals surface area contributed by atoms with Crippen molar-refractivity contribution in [3.05, 3.63) is 89.2 Å². The third kappa shape index (κ3) is 3.16. The normalized spacial score (nSPS) is 19.7. The van der Waals surface area contributed by atoms with Crippen LogP contribution in [0.3, 0.4) is 0 Å². The lowest BCUT2D eigenvalue weighted by Gasteiger charge is -2.27. The van der Waals surface area contributed by atoms with Gasteiger partial charge in [-0.1, -0.05) is 40.4 Å². The Balaban J connectivity index is 1.38. The minimum Gasteiger partial charge on any atom is -0.484 e. The summed E-state index contributed by atoms with van der Waals surface area (Å²) in [6.07, 6.45) is 1.52. The SMILES string of the molecule is [CH2-]n1c2c(c3ccc(-n4ccc(-c5ccc(C(F)(F)F)nc5)cc4=O)cc31)C1CCC(C2)N1. The van der Waals surface area contributed by atoms with Crippen molar-refractivity contribution in [2.45, 2.75) is 37.5 Å². The van der Waals surface area contributed by atoms with E-state index in [1.165, 1.54) is 34.4 Å². The summed E-state index contributed by atoms with van der Waals surface area (Å²) in [7, 11) is 4.27. The van der Waals surface area contributed by atoms with Crippen LogP contribution in [0, 0.1) is 7.05 Å². The molecule has 3 aromatic heterocycles. The predicted molar refractivity (Wildman–Crippen MR) is 119 cm³/mol. The third-order valence-corrected chi connectivity index (χ3v) is 6.81. The molecule has 6 rings (SSSR count). The van der Waals surface area contributed by atoms with E-state index in [4.69, 9.17) is 0 Å². The zero-order valence-corrected chi connectivity index (χ0v) is 17.6. The maximum Gasteiger partial charge on any atom is 0.433 e. The highest BCUT2D eigenvalue weighted by Gasteiger charge is 2.33. The average molecular weight is 449 g/mol. The molecule has 2 bridgehead atoms. The van der Waals surface area contributed by atoms with Gasteiger partial charge in [0.25, 0.3) is 5.56 Å². The molecule has 2 aliphatic rings. The number of aromatic nitrogens is 3. The Morgan fingerprint density at radius 1 is 1.06 bits per heavy atom. The zero-order chi connectivity index (χ0) is 22.9. The first-order chi connectivity index (χ1) is 15.8. The fraction of sp³-hybridized carbons (Fsp3) is 0.240. The van der Waals surface area contributed by atoms with E-state index in [9.17, 15) is 18.0 Å². The first-order valence-electron chi connectivity index (χ1n) is 10.8. The topological polar surface area (TPSA) is 51.9 Å². The van der Waals surface area contributed by atoms with Gasteiger partial charge in [0.15, 0.2) is 0 Å². The Labute approximate surface area is 187 Å². The Bertz CT molecular complexity index is 1450. The highest BCUT2D eigenvalue weighted by atomic mass is 19.4. The molecule has 0 saturated carbocycles. The second-order valence-electron chi connectivity index (χ2n) is 8.74. The highest BCUT2D eigenvalue weighted by molar-refractivity contribution is 5.88. The van der Waals surface area contributed by atoms with E-state index >= 15 is 0 Å². The van der Waals surface area contributed by atoms with E-state index in [0.717, 1.165) is 36.0 Å². The number of nitrogens with zero attached hydrogens (tertiary/aromatic N) is 3. The van der Waals surface area contributed by atoms with Gasteiger partial charge in [0.2, 0.25) is 0 Å². The molecule has 2 unspecified atom stereocenters. The monoisotopic (exact) mass is 449 g/mol. The second-order valence-corrected chi connectivity index (χ2v) is 8.74. The average Bonchev–Trinajstić information content (AvgIpc) is 3.31. The van der Waals surface area contributed by atoms with Crippen molar-refractivity contribution in [2.75, 3.05) is 0 Å². The van der Waals surface area contributed by atoms with Crippen molar-refractivity contribution in [2.24, 2.45) is 0 Å². The van der Waals surface area contributed by atoms with Crippen molar-refractivity contribution >= 4 is 10.9 Å². The molecule has 2 atom stereocenters. The van der Waals surface area contributed by atoms with Crippen LogP contribution >= 0.6 is 0 Å². The van der Waals surface area contributed by atoms with E-state index in [1.807, 2.05) is 22.8 Å². The molecule has 0 spiro atoms. The summed E-state index contributed by atoms with van der Waals surface area (Å²) in [5.74, 6) is 0. The minimum absolute atomic E-state index is 0.278. The van der Waals surface area contributed by atoms with Crippen LogP contribution in [-0.4, -0.2) is 20.2 Å². The molecule has 168 valence electrons. The maximum absolute atomic E-state index is 12.9. The number of hydrogen-bond acceptors (Lipinski definition) is 3. The predicted octanol–water partition coefficient (Wildman–Crippen LogP) is 4.86. The lowest BCUT2D eigenvalue weighted by Crippen LogP contribution is -2.32. The summed E-state index contributed by atoms with van der Waals surface area (Å²) in [6.45, 7) is 0. The summed E-state index contributed by atoms with van der Waals surface area (Å²) in [5.41, 5.74) is 3.98. The molecule has 0 radical (unpaired) electrons. The first kappa shape index (κ1) is 20.1. The van der Waals surface area contributed by atoms with Crippen molar-refractivity contribution in [1.29, 1.82) is 0 Å². The molecule has 0 aliphatic carbocycles. The standard InChI is InChI=1S/C25H20F3N4O/c1-31-20-12-17(4-5-18(20)24-19-6-3-16(30-19)11-21(24)31)32-9-8-14(10-23(32)33)15-2-7-22(29-13-15)25(26,27)28/h2,4-5,7-10,12-13,16,19,30H,1,3,6,11H2/q-1. The van der Waals surface area contributed by atoms with Crippen molar-refractivity contribution in [1.82, 2.24) is 19.4 Å². The van der Waals surface area contributed by atoms with Gasteiger partial charge >= 0.3 is 6.18 Å². The van der Waals surface area contributed by atoms with E-state index in [-0.39, 0.29) is 5.56 Å². The zero-order valence-electron chi connectivity index (χ0n) is 17.6. The minimum atomic E-state index is -4.50. The number of alkyl halides is 3. The van der Waals surface area contributed by atoms with Gasteiger partial charge < -0.3 is 9.88 Å². The van der Waals surface area contributed by atoms with Gasteiger partial charge in [-0.15, -0.1) is 7.05 Å². The van der Waals surface area contributed by atoms with Crippen LogP contribution in [0.15, 0.2) is 59.7 Å². The Morgan fingerprint density at radius 2 is 1.91 bits per heavy atom. The molecule has 1 N–H and O–H groups in total. The number of nitrogens with one attached hydrogen (secondary N) is 1. The number of pyridine rings is 2. The van der Waals surface area contributed by atoms with Crippen LogP contribution in [0.5, 0.6) is 0 Å². The van der Waals surface area contributed by atoms with Crippen LogP contribution < -0.4 is 10.9 Å². The number of halogens is 3. The van der Waals surface area contributed by atoms with Gasteiger partial charge in [-0.05, 0) is 43.0 Å². The van der Waals surface area contributed by atoms with Gasteiger partial charge in [-0.25, -0.2) is 0 Å². The molecular formula is C25H20F3N4O-. The largest absolute Gasteiger partial charge is 0.484 e. The Kier molecular flexibility index (Phi) is 4.26. The first-order valence-corrected chi connectivity index (χ1v) is 10.8. The molecule has 33 heavy (non-hydrogen) atoms. The number of hydrogen-bond donors (Lipinski definition) is 1. The van der Waals surface area contributed by atoms with Crippen molar-refractivity contribution < 1.29 is 13.2 Å². The molecular weight excluding hydrogens is 429 g/mol. The van der Waals surface area contributed by atoms with Crippen molar-refractivity contribution in [3.8, 4) is 16.8 Å². The van der Waals surface area contributed by atoms with Crippen LogP contribution in [-0.2, 0) is 12.6 Å².